The Hall–Kier alpha value is -2.29. The minimum absolute atomic E-state index is 0. The normalized spacial score (nSPS) is 11.3. The van der Waals surface area contributed by atoms with Crippen molar-refractivity contribution in [2.45, 2.75) is 195 Å². The first-order valence-electron chi connectivity index (χ1n) is 21.2. The van der Waals surface area contributed by atoms with E-state index in [1.807, 2.05) is 41.5 Å². The molecule has 0 bridgehead atoms. The summed E-state index contributed by atoms with van der Waals surface area (Å²) in [7, 11) is 0. The SMILES string of the molecule is CCCCOC(OCCCC)(C(=O)[O-])C(=O)CCC.CCCCOC(OCCCC)(C(=O)[O-])C(=O)CCC.CCCCOC(OCCCC)(C(=O)[O-])C(=O)CCC.[Al+3]. The molecule has 0 aromatic heterocycles. The van der Waals surface area contributed by atoms with E-state index in [0.29, 0.717) is 57.8 Å². The van der Waals surface area contributed by atoms with Gasteiger partial charge in [-0.2, -0.15) is 0 Å². The summed E-state index contributed by atoms with van der Waals surface area (Å²) in [5.74, 6) is -13.2. The van der Waals surface area contributed by atoms with Crippen molar-refractivity contribution >= 4 is 52.6 Å². The summed E-state index contributed by atoms with van der Waals surface area (Å²) in [6, 6.07) is 0. The van der Waals surface area contributed by atoms with Crippen LogP contribution in [0.4, 0.5) is 0 Å². The van der Waals surface area contributed by atoms with Crippen LogP contribution in [0.15, 0.2) is 0 Å². The van der Waals surface area contributed by atoms with Gasteiger partial charge in [0, 0.05) is 19.3 Å². The Morgan fingerprint density at radius 2 is 0.483 bits per heavy atom. The third-order valence-corrected chi connectivity index (χ3v) is 8.16. The Morgan fingerprint density at radius 1 is 0.328 bits per heavy atom. The molecule has 58 heavy (non-hydrogen) atoms. The van der Waals surface area contributed by atoms with Gasteiger partial charge in [-0.1, -0.05) is 101 Å². The smallest absolute Gasteiger partial charge is 0.544 e. The molecular weight excluding hydrogens is 771 g/mol. The number of ketones is 3. The largest absolute Gasteiger partial charge is 3.00 e. The monoisotopic (exact) mass is 846 g/mol. The van der Waals surface area contributed by atoms with Crippen molar-refractivity contribution in [3.63, 3.8) is 0 Å². The van der Waals surface area contributed by atoms with Gasteiger partial charge in [-0.25, -0.2) is 0 Å². The first-order chi connectivity index (χ1) is 27.1. The summed E-state index contributed by atoms with van der Waals surface area (Å²) < 4.78 is 31.6. The van der Waals surface area contributed by atoms with Crippen LogP contribution in [0.3, 0.4) is 0 Å². The first kappa shape index (κ1) is 62.4. The maximum absolute atomic E-state index is 12.0. The molecule has 0 amide bonds. The van der Waals surface area contributed by atoms with Gasteiger partial charge in [0.05, 0.1) is 39.6 Å². The maximum Gasteiger partial charge on any atom is 3.00 e. The van der Waals surface area contributed by atoms with Crippen LogP contribution in [-0.4, -0.2) is 110 Å². The number of carboxylic acid groups (broad SMARTS) is 3. The summed E-state index contributed by atoms with van der Waals surface area (Å²) in [6.45, 7) is 18.2. The molecule has 0 aromatic carbocycles. The summed E-state index contributed by atoms with van der Waals surface area (Å²) in [6.07, 6.45) is 11.1. The molecule has 0 spiro atoms. The molecule has 0 atom stereocenters. The van der Waals surface area contributed by atoms with E-state index in [1.165, 1.54) is 0 Å². The minimum Gasteiger partial charge on any atom is -0.544 e. The van der Waals surface area contributed by atoms with Crippen LogP contribution < -0.4 is 15.3 Å². The number of unbranched alkanes of at least 4 members (excludes halogenated alkanes) is 6. The van der Waals surface area contributed by atoms with E-state index in [-0.39, 0.29) is 76.3 Å². The molecule has 0 saturated heterocycles. The number of hydrogen-bond acceptors (Lipinski definition) is 15. The standard InChI is InChI=1S/3C14H26O5.Al/c3*1-4-7-10-18-14(13(16)17,12(15)9-6-3)19-11-8-5-2;/h3*4-11H2,1-3H3,(H,16,17);/q;;;+3/p-3. The fourth-order valence-electron chi connectivity index (χ4n) is 4.64. The molecule has 0 aliphatic heterocycles. The Morgan fingerprint density at radius 3 is 0.586 bits per heavy atom. The van der Waals surface area contributed by atoms with Gasteiger partial charge in [0.15, 0.2) is 17.3 Å². The van der Waals surface area contributed by atoms with Crippen LogP contribution in [0.25, 0.3) is 0 Å². The zero-order chi connectivity index (χ0) is 44.2. The minimum atomic E-state index is -2.22. The van der Waals surface area contributed by atoms with Crippen molar-refractivity contribution in [1.29, 1.82) is 0 Å². The molecule has 0 fully saturated rings. The third kappa shape index (κ3) is 24.1. The summed E-state index contributed by atoms with van der Waals surface area (Å²) in [5.41, 5.74) is 0. The van der Waals surface area contributed by atoms with Crippen molar-refractivity contribution in [2.24, 2.45) is 0 Å². The zero-order valence-corrected chi connectivity index (χ0v) is 38.3. The number of Topliss-reactive ketones (excluding diaryl/α,β-unsaturated/α-hetero) is 3. The summed E-state index contributed by atoms with van der Waals surface area (Å²) in [4.78, 5) is 70.1. The molecule has 16 heteroatoms. The number of rotatable bonds is 36. The summed E-state index contributed by atoms with van der Waals surface area (Å²) >= 11 is 0. The van der Waals surface area contributed by atoms with E-state index in [4.69, 9.17) is 28.4 Å². The number of carbonyl (C=O) groups is 6. The number of carboxylic acids is 3. The van der Waals surface area contributed by atoms with Crippen LogP contribution in [0, 0.1) is 0 Å². The quantitative estimate of drug-likeness (QED) is 0.0377. The van der Waals surface area contributed by atoms with Gasteiger partial charge in [0.1, 0.15) is 17.9 Å². The van der Waals surface area contributed by atoms with Crippen LogP contribution >= 0.6 is 0 Å². The van der Waals surface area contributed by atoms with E-state index >= 15 is 0 Å². The fourth-order valence-corrected chi connectivity index (χ4v) is 4.64. The maximum atomic E-state index is 12.0. The Kier molecular flexibility index (Phi) is 41.8. The van der Waals surface area contributed by atoms with E-state index in [2.05, 4.69) is 0 Å². The topological polar surface area (TPSA) is 227 Å². The van der Waals surface area contributed by atoms with E-state index in [9.17, 15) is 44.1 Å². The van der Waals surface area contributed by atoms with Crippen LogP contribution in [-0.2, 0) is 57.2 Å². The van der Waals surface area contributed by atoms with Gasteiger partial charge < -0.3 is 58.1 Å². The van der Waals surface area contributed by atoms with Gasteiger partial charge in [-0.3, -0.25) is 14.4 Å². The van der Waals surface area contributed by atoms with E-state index in [1.54, 1.807) is 20.8 Å². The van der Waals surface area contributed by atoms with Crippen molar-refractivity contribution in [3.8, 4) is 0 Å². The van der Waals surface area contributed by atoms with Crippen molar-refractivity contribution in [1.82, 2.24) is 0 Å². The molecule has 15 nitrogen and oxygen atoms in total. The molecule has 336 valence electrons. The number of ether oxygens (including phenoxy) is 6. The second-order valence-corrected chi connectivity index (χ2v) is 13.4. The van der Waals surface area contributed by atoms with Crippen LogP contribution in [0.2, 0.25) is 0 Å². The number of hydrogen-bond donors (Lipinski definition) is 0. The number of aliphatic carboxylic acids is 3. The van der Waals surface area contributed by atoms with Crippen LogP contribution in [0.1, 0.15) is 178 Å². The first-order valence-corrected chi connectivity index (χ1v) is 21.2. The predicted octanol–water partition coefficient (Wildman–Crippen LogP) is 3.92. The second-order valence-electron chi connectivity index (χ2n) is 13.4. The van der Waals surface area contributed by atoms with Gasteiger partial charge in [0.25, 0.3) is 17.4 Å². The Bertz CT molecular complexity index is 935. The molecule has 0 radical (unpaired) electrons. The molecule has 0 aliphatic rings. The fraction of sp³-hybridized carbons (Fsp3) is 0.857. The Labute approximate surface area is 359 Å². The van der Waals surface area contributed by atoms with Gasteiger partial charge in [0.2, 0.25) is 0 Å². The summed E-state index contributed by atoms with van der Waals surface area (Å²) in [5, 5.41) is 34.0. The Balaban J connectivity index is -0.000000374. The van der Waals surface area contributed by atoms with Crippen molar-refractivity contribution in [3.05, 3.63) is 0 Å². The van der Waals surface area contributed by atoms with E-state index < -0.39 is 52.6 Å². The molecule has 0 unspecified atom stereocenters. The van der Waals surface area contributed by atoms with Gasteiger partial charge >= 0.3 is 17.4 Å². The average molecular weight is 847 g/mol. The molecule has 0 heterocycles. The van der Waals surface area contributed by atoms with Gasteiger partial charge in [-0.15, -0.1) is 0 Å². The third-order valence-electron chi connectivity index (χ3n) is 8.16. The van der Waals surface area contributed by atoms with Crippen molar-refractivity contribution < 1.29 is 72.5 Å². The molecule has 0 N–H and O–H groups in total. The molecule has 0 rings (SSSR count). The van der Waals surface area contributed by atoms with Crippen molar-refractivity contribution in [2.75, 3.05) is 39.6 Å². The number of carbonyl (C=O) groups excluding carboxylic acids is 6. The molecule has 0 aromatic rings. The molecule has 0 saturated carbocycles. The van der Waals surface area contributed by atoms with E-state index in [0.717, 1.165) is 38.5 Å². The molecular formula is C42H75AlO15. The molecule has 0 aliphatic carbocycles. The van der Waals surface area contributed by atoms with Gasteiger partial charge in [-0.05, 0) is 57.8 Å². The average Bonchev–Trinajstić information content (AvgIpc) is 3.17. The second kappa shape index (κ2) is 38.9. The van der Waals surface area contributed by atoms with Crippen LogP contribution in [0.5, 0.6) is 0 Å². The predicted molar refractivity (Wildman–Crippen MR) is 214 cm³/mol. The zero-order valence-electron chi connectivity index (χ0n) is 37.2.